The molecule has 3 rings (SSSR count). The Labute approximate surface area is 108 Å². The summed E-state index contributed by atoms with van der Waals surface area (Å²) in [7, 11) is 0. The van der Waals surface area contributed by atoms with E-state index in [2.05, 4.69) is 28.0 Å². The number of hydrogen-bond acceptors (Lipinski definition) is 3. The molecule has 88 valence electrons. The average molecular weight is 293 g/mol. The van der Waals surface area contributed by atoms with E-state index in [9.17, 15) is 0 Å². The summed E-state index contributed by atoms with van der Waals surface area (Å²) in [4.78, 5) is 0. The number of nitrogens with zero attached hydrogens (tertiary/aromatic N) is 1. The first-order chi connectivity index (χ1) is 8.16. The summed E-state index contributed by atoms with van der Waals surface area (Å²) in [5.74, 6) is 1.62. The summed E-state index contributed by atoms with van der Waals surface area (Å²) in [5, 5.41) is 4.12. The van der Waals surface area contributed by atoms with Gasteiger partial charge in [-0.1, -0.05) is 40.1 Å². The Morgan fingerprint density at radius 2 is 2.00 bits per heavy atom. The maximum Gasteiger partial charge on any atom is 0.230 e. The van der Waals surface area contributed by atoms with Crippen LogP contribution in [-0.2, 0) is 0 Å². The van der Waals surface area contributed by atoms with E-state index in [-0.39, 0.29) is 0 Å². The van der Waals surface area contributed by atoms with Crippen molar-refractivity contribution in [2.75, 3.05) is 5.73 Å². The van der Waals surface area contributed by atoms with Gasteiger partial charge in [-0.2, -0.15) is 0 Å². The van der Waals surface area contributed by atoms with Gasteiger partial charge >= 0.3 is 0 Å². The molecule has 0 bridgehead atoms. The molecular formula is C13H13BrN2O. The first kappa shape index (κ1) is 10.8. The van der Waals surface area contributed by atoms with E-state index in [1.165, 1.54) is 6.42 Å². The van der Waals surface area contributed by atoms with Crippen molar-refractivity contribution in [1.29, 1.82) is 0 Å². The summed E-state index contributed by atoms with van der Waals surface area (Å²) in [6, 6.07) is 8.07. The Bertz CT molecular complexity index is 547. The Morgan fingerprint density at radius 1 is 1.35 bits per heavy atom. The van der Waals surface area contributed by atoms with Crippen molar-refractivity contribution in [2.24, 2.45) is 5.92 Å². The van der Waals surface area contributed by atoms with Crippen molar-refractivity contribution in [2.45, 2.75) is 19.3 Å². The predicted octanol–water partition coefficient (Wildman–Crippen LogP) is 3.81. The molecule has 1 aliphatic carbocycles. The third-order valence-corrected chi connectivity index (χ3v) is 3.87. The monoisotopic (exact) mass is 292 g/mol. The van der Waals surface area contributed by atoms with Gasteiger partial charge in [0.2, 0.25) is 5.88 Å². The number of nitrogens with two attached hydrogens (primary N) is 1. The zero-order valence-electron chi connectivity index (χ0n) is 9.48. The van der Waals surface area contributed by atoms with Crippen molar-refractivity contribution >= 4 is 21.8 Å². The predicted molar refractivity (Wildman–Crippen MR) is 70.6 cm³/mol. The minimum atomic E-state index is 0.418. The normalized spacial score (nSPS) is 22.7. The topological polar surface area (TPSA) is 52.0 Å². The van der Waals surface area contributed by atoms with E-state index in [1.807, 2.05) is 24.3 Å². The van der Waals surface area contributed by atoms with Crippen LogP contribution in [0.1, 0.15) is 25.0 Å². The Kier molecular flexibility index (Phi) is 2.47. The molecule has 0 aliphatic heterocycles. The second-order valence-electron chi connectivity index (χ2n) is 4.63. The number of hydrogen-bond donors (Lipinski definition) is 1. The molecule has 1 aromatic carbocycles. The molecule has 2 aromatic rings. The van der Waals surface area contributed by atoms with E-state index in [1.54, 1.807) is 0 Å². The lowest BCUT2D eigenvalue weighted by Gasteiger charge is -2.01. The van der Waals surface area contributed by atoms with E-state index in [4.69, 9.17) is 10.3 Å². The quantitative estimate of drug-likeness (QED) is 0.916. The summed E-state index contributed by atoms with van der Waals surface area (Å²) >= 11 is 3.43. The SMILES string of the molecule is CC1CC1c1noc(N)c1-c1ccc(Br)cc1. The highest BCUT2D eigenvalue weighted by atomic mass is 79.9. The van der Waals surface area contributed by atoms with Crippen LogP contribution < -0.4 is 5.73 Å². The summed E-state index contributed by atoms with van der Waals surface area (Å²) < 4.78 is 6.20. The van der Waals surface area contributed by atoms with Crippen LogP contribution in [-0.4, -0.2) is 5.16 Å². The van der Waals surface area contributed by atoms with Gasteiger partial charge in [-0.3, -0.25) is 0 Å². The van der Waals surface area contributed by atoms with E-state index in [0.717, 1.165) is 21.3 Å². The lowest BCUT2D eigenvalue weighted by atomic mass is 10.0. The summed E-state index contributed by atoms with van der Waals surface area (Å²) in [6.07, 6.45) is 1.18. The molecule has 17 heavy (non-hydrogen) atoms. The molecule has 2 atom stereocenters. The molecule has 1 aromatic heterocycles. The van der Waals surface area contributed by atoms with Crippen molar-refractivity contribution in [3.05, 3.63) is 34.4 Å². The molecular weight excluding hydrogens is 280 g/mol. The number of nitrogen functional groups attached to an aromatic ring is 1. The maximum absolute atomic E-state index is 5.88. The molecule has 1 saturated carbocycles. The zero-order valence-corrected chi connectivity index (χ0v) is 11.1. The minimum absolute atomic E-state index is 0.418. The number of aromatic nitrogens is 1. The van der Waals surface area contributed by atoms with Crippen LogP contribution in [0.2, 0.25) is 0 Å². The molecule has 0 saturated heterocycles. The highest BCUT2D eigenvalue weighted by molar-refractivity contribution is 9.10. The Hall–Kier alpha value is -1.29. The van der Waals surface area contributed by atoms with Gasteiger partial charge in [-0.15, -0.1) is 0 Å². The van der Waals surface area contributed by atoms with Crippen LogP contribution in [0.3, 0.4) is 0 Å². The van der Waals surface area contributed by atoms with Gasteiger partial charge in [0.25, 0.3) is 0 Å². The van der Waals surface area contributed by atoms with Gasteiger partial charge in [0.05, 0.1) is 11.3 Å². The number of halogens is 1. The molecule has 0 radical (unpaired) electrons. The molecule has 2 N–H and O–H groups in total. The first-order valence-electron chi connectivity index (χ1n) is 5.68. The first-order valence-corrected chi connectivity index (χ1v) is 6.47. The van der Waals surface area contributed by atoms with Gasteiger partial charge in [0.1, 0.15) is 0 Å². The highest BCUT2D eigenvalue weighted by Gasteiger charge is 2.39. The van der Waals surface area contributed by atoms with E-state index in [0.29, 0.717) is 17.7 Å². The zero-order chi connectivity index (χ0) is 12.0. The largest absolute Gasteiger partial charge is 0.367 e. The molecule has 3 nitrogen and oxygen atoms in total. The minimum Gasteiger partial charge on any atom is -0.367 e. The van der Waals surface area contributed by atoms with Crippen molar-refractivity contribution in [3.63, 3.8) is 0 Å². The van der Waals surface area contributed by atoms with Gasteiger partial charge in [0.15, 0.2) is 0 Å². The highest BCUT2D eigenvalue weighted by Crippen LogP contribution is 2.50. The van der Waals surface area contributed by atoms with Crippen LogP contribution in [0, 0.1) is 5.92 Å². The van der Waals surface area contributed by atoms with Crippen LogP contribution in [0.15, 0.2) is 33.3 Å². The number of anilines is 1. The molecule has 1 fully saturated rings. The number of rotatable bonds is 2. The standard InChI is InChI=1S/C13H13BrN2O/c1-7-6-10(7)12-11(13(15)17-16-12)8-2-4-9(14)5-3-8/h2-5,7,10H,6,15H2,1H3. The van der Waals surface area contributed by atoms with Gasteiger partial charge in [-0.25, -0.2) is 0 Å². The second-order valence-corrected chi connectivity index (χ2v) is 5.55. The maximum atomic E-state index is 5.88. The van der Waals surface area contributed by atoms with Crippen molar-refractivity contribution < 1.29 is 4.52 Å². The van der Waals surface area contributed by atoms with Crippen LogP contribution in [0.5, 0.6) is 0 Å². The van der Waals surface area contributed by atoms with Gasteiger partial charge < -0.3 is 10.3 Å². The molecule has 2 unspecified atom stereocenters. The van der Waals surface area contributed by atoms with Crippen LogP contribution in [0.4, 0.5) is 5.88 Å². The van der Waals surface area contributed by atoms with Crippen molar-refractivity contribution in [3.8, 4) is 11.1 Å². The molecule has 1 heterocycles. The fraction of sp³-hybridized carbons (Fsp3) is 0.308. The molecule has 4 heteroatoms. The lowest BCUT2D eigenvalue weighted by Crippen LogP contribution is -1.90. The number of benzene rings is 1. The summed E-state index contributed by atoms with van der Waals surface area (Å²) in [6.45, 7) is 2.22. The third-order valence-electron chi connectivity index (χ3n) is 3.34. The van der Waals surface area contributed by atoms with Crippen LogP contribution >= 0.6 is 15.9 Å². The second kappa shape index (κ2) is 3.88. The lowest BCUT2D eigenvalue weighted by molar-refractivity contribution is 0.427. The van der Waals surface area contributed by atoms with Gasteiger partial charge in [-0.05, 0) is 30.0 Å². The van der Waals surface area contributed by atoms with Crippen LogP contribution in [0.25, 0.3) is 11.1 Å². The Balaban J connectivity index is 2.07. The van der Waals surface area contributed by atoms with E-state index < -0.39 is 0 Å². The van der Waals surface area contributed by atoms with Gasteiger partial charge in [0, 0.05) is 10.4 Å². The van der Waals surface area contributed by atoms with E-state index >= 15 is 0 Å². The molecule has 0 spiro atoms. The molecule has 0 amide bonds. The fourth-order valence-electron chi connectivity index (χ4n) is 2.18. The summed E-state index contributed by atoms with van der Waals surface area (Å²) in [5.41, 5.74) is 8.93. The smallest absolute Gasteiger partial charge is 0.230 e. The average Bonchev–Trinajstić information content (AvgIpc) is 2.90. The Morgan fingerprint density at radius 3 is 2.59 bits per heavy atom. The fourth-order valence-corrected chi connectivity index (χ4v) is 2.44. The molecule has 1 aliphatic rings. The van der Waals surface area contributed by atoms with Crippen molar-refractivity contribution in [1.82, 2.24) is 5.16 Å². The third kappa shape index (κ3) is 1.86.